The zero-order valence-corrected chi connectivity index (χ0v) is 12.9. The van der Waals surface area contributed by atoms with Gasteiger partial charge in [0, 0.05) is 23.7 Å². The molecule has 0 saturated heterocycles. The van der Waals surface area contributed by atoms with E-state index < -0.39 is 0 Å². The first-order valence-corrected chi connectivity index (χ1v) is 8.07. The monoisotopic (exact) mass is 302 g/mol. The lowest BCUT2D eigenvalue weighted by Crippen LogP contribution is -1.90. The average molecular weight is 302 g/mol. The van der Waals surface area contributed by atoms with Gasteiger partial charge in [-0.2, -0.15) is 0 Å². The molecule has 2 aromatic heterocycles. The molecule has 102 valence electrons. The maximum Gasteiger partial charge on any atom is 0.191 e. The molecular formula is C14H14N4S2. The van der Waals surface area contributed by atoms with E-state index in [0.717, 1.165) is 21.6 Å². The van der Waals surface area contributed by atoms with E-state index in [0.29, 0.717) is 0 Å². The molecule has 0 aliphatic heterocycles. The second-order valence-electron chi connectivity index (χ2n) is 4.52. The third-order valence-electron chi connectivity index (χ3n) is 2.87. The number of rotatable bonds is 4. The minimum Gasteiger partial charge on any atom is -0.312 e. The molecule has 2 heterocycles. The molecule has 0 saturated carbocycles. The molecule has 0 amide bonds. The Morgan fingerprint density at radius 3 is 2.75 bits per heavy atom. The Kier molecular flexibility index (Phi) is 3.84. The summed E-state index contributed by atoms with van der Waals surface area (Å²) in [7, 11) is 1.95. The Bertz CT molecular complexity index is 700. The van der Waals surface area contributed by atoms with Crippen LogP contribution in [0.3, 0.4) is 0 Å². The van der Waals surface area contributed by atoms with Gasteiger partial charge in [0.15, 0.2) is 5.16 Å². The molecule has 3 aromatic rings. The zero-order chi connectivity index (χ0) is 13.9. The van der Waals surface area contributed by atoms with Crippen molar-refractivity contribution in [3.63, 3.8) is 0 Å². The van der Waals surface area contributed by atoms with Crippen LogP contribution in [0.15, 0.2) is 41.1 Å². The van der Waals surface area contributed by atoms with Crippen LogP contribution < -0.4 is 0 Å². The van der Waals surface area contributed by atoms with Crippen molar-refractivity contribution in [1.29, 1.82) is 0 Å². The van der Waals surface area contributed by atoms with E-state index in [1.165, 1.54) is 11.1 Å². The summed E-state index contributed by atoms with van der Waals surface area (Å²) in [6.45, 7) is 2.09. The molecular weight excluding hydrogens is 288 g/mol. The Balaban J connectivity index is 1.71. The van der Waals surface area contributed by atoms with Crippen LogP contribution in [-0.2, 0) is 12.8 Å². The van der Waals surface area contributed by atoms with Crippen molar-refractivity contribution in [3.05, 3.63) is 47.2 Å². The largest absolute Gasteiger partial charge is 0.312 e. The molecule has 0 N–H and O–H groups in total. The Morgan fingerprint density at radius 2 is 2.05 bits per heavy atom. The van der Waals surface area contributed by atoms with Gasteiger partial charge in [-0.25, -0.2) is 4.98 Å². The number of nitrogens with zero attached hydrogens (tertiary/aromatic N) is 4. The lowest BCUT2D eigenvalue weighted by molar-refractivity contribution is 0.788. The second kappa shape index (κ2) is 5.76. The van der Waals surface area contributed by atoms with Gasteiger partial charge >= 0.3 is 0 Å². The molecule has 6 heteroatoms. The first kappa shape index (κ1) is 13.3. The van der Waals surface area contributed by atoms with E-state index in [2.05, 4.69) is 51.8 Å². The third kappa shape index (κ3) is 2.91. The topological polar surface area (TPSA) is 43.6 Å². The standard InChI is InChI=1S/C14H14N4S2/c1-10-3-5-11(6-4-10)13-16-12(7-19-13)8-20-14-17-15-9-18(14)2/h3-7,9H,8H2,1-2H3. The van der Waals surface area contributed by atoms with Gasteiger partial charge in [-0.1, -0.05) is 41.6 Å². The quantitative estimate of drug-likeness (QED) is 0.691. The van der Waals surface area contributed by atoms with Gasteiger partial charge in [0.05, 0.1) is 5.69 Å². The first-order valence-electron chi connectivity index (χ1n) is 6.20. The number of thioether (sulfide) groups is 1. The molecule has 0 spiro atoms. The summed E-state index contributed by atoms with van der Waals surface area (Å²) in [6.07, 6.45) is 1.71. The van der Waals surface area contributed by atoms with Crippen molar-refractivity contribution in [2.45, 2.75) is 17.8 Å². The number of benzene rings is 1. The molecule has 20 heavy (non-hydrogen) atoms. The lowest BCUT2D eigenvalue weighted by Gasteiger charge is -1.98. The summed E-state index contributed by atoms with van der Waals surface area (Å²) in [4.78, 5) is 4.68. The Labute approximate surface area is 125 Å². The second-order valence-corrected chi connectivity index (χ2v) is 6.32. The number of aryl methyl sites for hydroxylation is 2. The summed E-state index contributed by atoms with van der Waals surface area (Å²) in [5.74, 6) is 0.814. The maximum absolute atomic E-state index is 4.68. The number of aromatic nitrogens is 4. The van der Waals surface area contributed by atoms with E-state index >= 15 is 0 Å². The van der Waals surface area contributed by atoms with E-state index in [1.807, 2.05) is 11.6 Å². The highest BCUT2D eigenvalue weighted by Gasteiger charge is 2.07. The highest BCUT2D eigenvalue weighted by atomic mass is 32.2. The molecule has 0 radical (unpaired) electrons. The SMILES string of the molecule is Cc1ccc(-c2nc(CSc3nncn3C)cs2)cc1. The summed E-state index contributed by atoms with van der Waals surface area (Å²) in [5.41, 5.74) is 3.53. The summed E-state index contributed by atoms with van der Waals surface area (Å²) < 4.78 is 1.91. The van der Waals surface area contributed by atoms with Gasteiger partial charge in [0.1, 0.15) is 11.3 Å². The zero-order valence-electron chi connectivity index (χ0n) is 11.3. The van der Waals surface area contributed by atoms with Gasteiger partial charge in [-0.05, 0) is 6.92 Å². The van der Waals surface area contributed by atoms with E-state index in [9.17, 15) is 0 Å². The summed E-state index contributed by atoms with van der Waals surface area (Å²) in [5, 5.41) is 12.0. The molecule has 3 rings (SSSR count). The number of thiazole rings is 1. The summed E-state index contributed by atoms with van der Waals surface area (Å²) in [6, 6.07) is 8.47. The van der Waals surface area contributed by atoms with Crippen molar-refractivity contribution < 1.29 is 0 Å². The minimum absolute atomic E-state index is 0.814. The van der Waals surface area contributed by atoms with Crippen molar-refractivity contribution in [2.75, 3.05) is 0 Å². The van der Waals surface area contributed by atoms with Gasteiger partial charge in [-0.3, -0.25) is 0 Å². The van der Waals surface area contributed by atoms with Crippen LogP contribution in [0.25, 0.3) is 10.6 Å². The van der Waals surface area contributed by atoms with Gasteiger partial charge in [0.25, 0.3) is 0 Å². The van der Waals surface area contributed by atoms with Crippen LogP contribution in [0.2, 0.25) is 0 Å². The van der Waals surface area contributed by atoms with Crippen LogP contribution in [0.1, 0.15) is 11.3 Å². The molecule has 1 aromatic carbocycles. The Morgan fingerprint density at radius 1 is 1.25 bits per heavy atom. The Hall–Kier alpha value is -1.66. The van der Waals surface area contributed by atoms with E-state index in [1.54, 1.807) is 29.4 Å². The fraction of sp³-hybridized carbons (Fsp3) is 0.214. The smallest absolute Gasteiger partial charge is 0.191 e. The number of hydrogen-bond acceptors (Lipinski definition) is 5. The maximum atomic E-state index is 4.68. The van der Waals surface area contributed by atoms with Crippen molar-refractivity contribution in [3.8, 4) is 10.6 Å². The number of hydrogen-bond donors (Lipinski definition) is 0. The molecule has 0 atom stereocenters. The van der Waals surface area contributed by atoms with Crippen molar-refractivity contribution in [2.24, 2.45) is 7.05 Å². The molecule has 0 unspecified atom stereocenters. The molecule has 4 nitrogen and oxygen atoms in total. The first-order chi connectivity index (χ1) is 9.72. The van der Waals surface area contributed by atoms with Gasteiger partial charge in [0.2, 0.25) is 0 Å². The van der Waals surface area contributed by atoms with Crippen LogP contribution in [0.4, 0.5) is 0 Å². The van der Waals surface area contributed by atoms with E-state index in [-0.39, 0.29) is 0 Å². The highest BCUT2D eigenvalue weighted by molar-refractivity contribution is 7.98. The average Bonchev–Trinajstić information content (AvgIpc) is 3.06. The lowest BCUT2D eigenvalue weighted by atomic mass is 10.2. The van der Waals surface area contributed by atoms with Crippen molar-refractivity contribution in [1.82, 2.24) is 19.7 Å². The molecule has 0 bridgehead atoms. The van der Waals surface area contributed by atoms with Crippen LogP contribution in [0.5, 0.6) is 0 Å². The molecule has 0 fully saturated rings. The predicted molar refractivity (Wildman–Crippen MR) is 82.9 cm³/mol. The third-order valence-corrected chi connectivity index (χ3v) is 4.88. The van der Waals surface area contributed by atoms with Crippen molar-refractivity contribution >= 4 is 23.1 Å². The van der Waals surface area contributed by atoms with Crippen LogP contribution >= 0.6 is 23.1 Å². The van der Waals surface area contributed by atoms with Gasteiger partial charge in [-0.15, -0.1) is 21.5 Å². The fourth-order valence-corrected chi connectivity index (χ4v) is 3.46. The summed E-state index contributed by atoms with van der Waals surface area (Å²) >= 11 is 3.33. The van der Waals surface area contributed by atoms with Gasteiger partial charge < -0.3 is 4.57 Å². The van der Waals surface area contributed by atoms with Crippen LogP contribution in [0, 0.1) is 6.92 Å². The van der Waals surface area contributed by atoms with Crippen LogP contribution in [-0.4, -0.2) is 19.7 Å². The van der Waals surface area contributed by atoms with E-state index in [4.69, 9.17) is 0 Å². The molecule has 0 aliphatic rings. The predicted octanol–water partition coefficient (Wildman–Crippen LogP) is 3.54. The fourth-order valence-electron chi connectivity index (χ4n) is 1.74. The highest BCUT2D eigenvalue weighted by Crippen LogP contribution is 2.27. The normalized spacial score (nSPS) is 10.9. The molecule has 0 aliphatic carbocycles. The minimum atomic E-state index is 0.814.